The summed E-state index contributed by atoms with van der Waals surface area (Å²) >= 11 is 0. The van der Waals surface area contributed by atoms with Crippen molar-refractivity contribution in [2.24, 2.45) is 0 Å². The lowest BCUT2D eigenvalue weighted by Crippen LogP contribution is -2.16. The van der Waals surface area contributed by atoms with Gasteiger partial charge < -0.3 is 14.2 Å². The first-order valence-electron chi connectivity index (χ1n) is 3.28. The fourth-order valence-electron chi connectivity index (χ4n) is 0.757. The van der Waals surface area contributed by atoms with Gasteiger partial charge in [0.1, 0.15) is 6.61 Å². The summed E-state index contributed by atoms with van der Waals surface area (Å²) in [4.78, 5) is 0. The molecule has 4 nitrogen and oxygen atoms in total. The summed E-state index contributed by atoms with van der Waals surface area (Å²) in [5, 5.41) is 0. The minimum atomic E-state index is -0.545. The summed E-state index contributed by atoms with van der Waals surface area (Å²) in [6, 6.07) is 0. The highest BCUT2D eigenvalue weighted by atomic mass is 16.9. The molecule has 0 aromatic heterocycles. The van der Waals surface area contributed by atoms with Gasteiger partial charge in [0.25, 0.3) is 6.48 Å². The van der Waals surface area contributed by atoms with Crippen molar-refractivity contribution in [2.75, 3.05) is 20.3 Å². The molecule has 2 unspecified atom stereocenters. The summed E-state index contributed by atoms with van der Waals surface area (Å²) < 4.78 is 20.0. The Labute approximate surface area is 60.0 Å². The highest BCUT2D eigenvalue weighted by molar-refractivity contribution is 4.47. The van der Waals surface area contributed by atoms with Gasteiger partial charge in [-0.1, -0.05) is 0 Å². The van der Waals surface area contributed by atoms with E-state index in [1.807, 2.05) is 6.92 Å². The van der Waals surface area contributed by atoms with Crippen molar-refractivity contribution in [1.29, 1.82) is 0 Å². The lowest BCUT2D eigenvalue weighted by atomic mass is 10.7. The van der Waals surface area contributed by atoms with Crippen LogP contribution in [0.4, 0.5) is 0 Å². The minimum Gasteiger partial charge on any atom is -0.350 e. The van der Waals surface area contributed by atoms with Gasteiger partial charge in [-0.05, 0) is 6.92 Å². The maximum absolute atomic E-state index is 5.11. The van der Waals surface area contributed by atoms with Crippen LogP contribution in [-0.4, -0.2) is 33.1 Å². The quantitative estimate of drug-likeness (QED) is 0.577. The molecule has 1 aliphatic heterocycles. The van der Waals surface area contributed by atoms with Crippen LogP contribution >= 0.6 is 0 Å². The monoisotopic (exact) mass is 148 g/mol. The van der Waals surface area contributed by atoms with Crippen molar-refractivity contribution >= 4 is 0 Å². The third-order valence-corrected chi connectivity index (χ3v) is 1.18. The lowest BCUT2D eigenvalue weighted by Gasteiger charge is -2.08. The number of hydrogen-bond donors (Lipinski definition) is 0. The number of methoxy groups -OCH3 is 1. The minimum absolute atomic E-state index is 0.255. The van der Waals surface area contributed by atoms with Crippen molar-refractivity contribution in [2.45, 2.75) is 19.7 Å². The summed E-state index contributed by atoms with van der Waals surface area (Å²) in [6.45, 7) is 2.44. The van der Waals surface area contributed by atoms with Gasteiger partial charge in [-0.2, -0.15) is 0 Å². The van der Waals surface area contributed by atoms with Gasteiger partial charge >= 0.3 is 0 Å². The number of ether oxygens (including phenoxy) is 4. The summed E-state index contributed by atoms with van der Waals surface area (Å²) in [7, 11) is 1.53. The molecular formula is C6H12O4. The van der Waals surface area contributed by atoms with Crippen molar-refractivity contribution in [1.82, 2.24) is 0 Å². The molecule has 0 N–H and O–H groups in total. The van der Waals surface area contributed by atoms with Gasteiger partial charge in [0.15, 0.2) is 6.29 Å². The average molecular weight is 148 g/mol. The topological polar surface area (TPSA) is 36.9 Å². The Kier molecular flexibility index (Phi) is 3.08. The Bertz CT molecular complexity index is 95.7. The largest absolute Gasteiger partial charge is 0.350 e. The molecule has 1 fully saturated rings. The van der Waals surface area contributed by atoms with Crippen LogP contribution in [0.3, 0.4) is 0 Å². The zero-order valence-electron chi connectivity index (χ0n) is 6.20. The fraction of sp³-hybridized carbons (Fsp3) is 1.00. The predicted molar refractivity (Wildman–Crippen MR) is 33.2 cm³/mol. The molecule has 2 atom stereocenters. The van der Waals surface area contributed by atoms with Gasteiger partial charge in [0.05, 0.1) is 0 Å². The van der Waals surface area contributed by atoms with E-state index < -0.39 is 6.48 Å². The Morgan fingerprint density at radius 3 is 2.90 bits per heavy atom. The first-order valence-corrected chi connectivity index (χ1v) is 3.28. The second-order valence-corrected chi connectivity index (χ2v) is 1.88. The second kappa shape index (κ2) is 3.88. The van der Waals surface area contributed by atoms with Crippen molar-refractivity contribution in [3.63, 3.8) is 0 Å². The highest BCUT2D eigenvalue weighted by Gasteiger charge is 2.25. The van der Waals surface area contributed by atoms with Crippen LogP contribution in [0.2, 0.25) is 0 Å². The van der Waals surface area contributed by atoms with Gasteiger partial charge in [0.2, 0.25) is 0 Å². The van der Waals surface area contributed by atoms with E-state index in [2.05, 4.69) is 0 Å². The van der Waals surface area contributed by atoms with Crippen LogP contribution in [0.1, 0.15) is 6.92 Å². The molecule has 1 saturated heterocycles. The van der Waals surface area contributed by atoms with Crippen molar-refractivity contribution in [3.8, 4) is 0 Å². The van der Waals surface area contributed by atoms with E-state index in [-0.39, 0.29) is 6.29 Å². The standard InChI is InChI=1S/C6H12O4/c1-3-8-5-4-9-6(7-2)10-5/h5-6H,3-4H2,1-2H3. The zero-order valence-corrected chi connectivity index (χ0v) is 6.20. The van der Waals surface area contributed by atoms with Crippen LogP contribution in [0.25, 0.3) is 0 Å². The lowest BCUT2D eigenvalue weighted by molar-refractivity contribution is -0.248. The highest BCUT2D eigenvalue weighted by Crippen LogP contribution is 2.12. The molecule has 0 bridgehead atoms. The third kappa shape index (κ3) is 1.91. The molecule has 0 spiro atoms. The molecule has 0 aromatic carbocycles. The first-order chi connectivity index (χ1) is 4.86. The number of rotatable bonds is 3. The van der Waals surface area contributed by atoms with E-state index in [1.54, 1.807) is 0 Å². The Morgan fingerprint density at radius 2 is 2.40 bits per heavy atom. The van der Waals surface area contributed by atoms with E-state index in [1.165, 1.54) is 7.11 Å². The predicted octanol–water partition coefficient (Wildman–Crippen LogP) is 0.326. The third-order valence-electron chi connectivity index (χ3n) is 1.18. The molecule has 1 heterocycles. The summed E-state index contributed by atoms with van der Waals surface area (Å²) in [6.07, 6.45) is -0.255. The Balaban J connectivity index is 2.15. The van der Waals surface area contributed by atoms with E-state index in [0.29, 0.717) is 13.2 Å². The van der Waals surface area contributed by atoms with E-state index >= 15 is 0 Å². The first kappa shape index (κ1) is 7.94. The van der Waals surface area contributed by atoms with Crippen molar-refractivity contribution in [3.05, 3.63) is 0 Å². The molecule has 0 aliphatic carbocycles. The molecule has 1 rings (SSSR count). The molecule has 0 aromatic rings. The van der Waals surface area contributed by atoms with Crippen LogP contribution in [0.5, 0.6) is 0 Å². The molecule has 0 saturated carbocycles. The van der Waals surface area contributed by atoms with Crippen LogP contribution in [0, 0.1) is 0 Å². The molecular weight excluding hydrogens is 136 g/mol. The van der Waals surface area contributed by atoms with Crippen LogP contribution in [0.15, 0.2) is 0 Å². The molecule has 1 aliphatic rings. The van der Waals surface area contributed by atoms with Gasteiger partial charge in [-0.3, -0.25) is 4.74 Å². The summed E-state index contributed by atoms with van der Waals surface area (Å²) in [5.74, 6) is 0. The van der Waals surface area contributed by atoms with Gasteiger partial charge in [-0.25, -0.2) is 0 Å². The average Bonchev–Trinajstić information content (AvgIpc) is 2.37. The smallest absolute Gasteiger partial charge is 0.273 e. The molecule has 0 radical (unpaired) electrons. The Morgan fingerprint density at radius 1 is 1.60 bits per heavy atom. The maximum atomic E-state index is 5.11. The normalized spacial score (nSPS) is 33.0. The fourth-order valence-corrected chi connectivity index (χ4v) is 0.757. The van der Waals surface area contributed by atoms with Crippen molar-refractivity contribution < 1.29 is 18.9 Å². The molecule has 60 valence electrons. The van der Waals surface area contributed by atoms with Gasteiger partial charge in [0, 0.05) is 13.7 Å². The van der Waals surface area contributed by atoms with E-state index in [9.17, 15) is 0 Å². The molecule has 4 heteroatoms. The van der Waals surface area contributed by atoms with Crippen LogP contribution in [-0.2, 0) is 18.9 Å². The second-order valence-electron chi connectivity index (χ2n) is 1.88. The maximum Gasteiger partial charge on any atom is 0.273 e. The summed E-state index contributed by atoms with van der Waals surface area (Å²) in [5.41, 5.74) is 0. The van der Waals surface area contributed by atoms with Crippen LogP contribution < -0.4 is 0 Å². The zero-order chi connectivity index (χ0) is 7.40. The van der Waals surface area contributed by atoms with E-state index in [0.717, 1.165) is 0 Å². The Hall–Kier alpha value is -0.160. The van der Waals surface area contributed by atoms with E-state index in [4.69, 9.17) is 18.9 Å². The number of hydrogen-bond acceptors (Lipinski definition) is 4. The molecule has 10 heavy (non-hydrogen) atoms. The SMILES string of the molecule is CCOC1COC(OC)O1. The molecule has 0 amide bonds. The van der Waals surface area contributed by atoms with Gasteiger partial charge in [-0.15, -0.1) is 0 Å².